The number of morpholine rings is 1. The highest BCUT2D eigenvalue weighted by Gasteiger charge is 2.08. The number of nitrogens with zero attached hydrogens (tertiary/aromatic N) is 1. The summed E-state index contributed by atoms with van der Waals surface area (Å²) in [4.78, 5) is 2.48. The van der Waals surface area contributed by atoms with Crippen LogP contribution in [0.2, 0.25) is 0 Å². The molecule has 0 aromatic heterocycles. The van der Waals surface area contributed by atoms with Gasteiger partial charge in [0.05, 0.1) is 13.2 Å². The van der Waals surface area contributed by atoms with Gasteiger partial charge >= 0.3 is 0 Å². The maximum atomic E-state index is 5.33. The Balaban J connectivity index is 0.00000180. The summed E-state index contributed by atoms with van der Waals surface area (Å²) in [7, 11) is 0. The van der Waals surface area contributed by atoms with Crippen LogP contribution in [0.15, 0.2) is 28.7 Å². The first-order valence-electron chi connectivity index (χ1n) is 6.60. The van der Waals surface area contributed by atoms with Crippen LogP contribution in [0.5, 0.6) is 0 Å². The smallest absolute Gasteiger partial charge is 0.0594 e. The van der Waals surface area contributed by atoms with Crippen LogP contribution in [0.3, 0.4) is 0 Å². The predicted octanol–water partition coefficient (Wildman–Crippen LogP) is -0.735. The monoisotopic (exact) mass is 347 g/mol. The zero-order valence-electron chi connectivity index (χ0n) is 11.1. The van der Waals surface area contributed by atoms with E-state index in [4.69, 9.17) is 4.74 Å². The molecule has 0 unspecified atom stereocenters. The molecule has 5 heteroatoms. The Hall–Kier alpha value is -0.130. The molecule has 1 aliphatic rings. The molecule has 1 heterocycles. The maximum absolute atomic E-state index is 5.33. The fourth-order valence-electron chi connectivity index (χ4n) is 2.13. The Bertz CT molecular complexity index is 359. The molecule has 19 heavy (non-hydrogen) atoms. The van der Waals surface area contributed by atoms with Crippen molar-refractivity contribution < 1.29 is 17.1 Å². The van der Waals surface area contributed by atoms with Crippen molar-refractivity contribution in [3.8, 4) is 0 Å². The second kappa shape index (κ2) is 9.72. The lowest BCUT2D eigenvalue weighted by Gasteiger charge is -2.26. The summed E-state index contributed by atoms with van der Waals surface area (Å²) in [5.74, 6) is 0. The third-order valence-electron chi connectivity index (χ3n) is 3.15. The minimum absolute atomic E-state index is 0. The topological polar surface area (TPSA) is 24.5 Å². The first-order chi connectivity index (χ1) is 8.84. The molecular weight excluding hydrogens is 328 g/mol. The van der Waals surface area contributed by atoms with Crippen LogP contribution < -0.4 is 17.7 Å². The molecule has 1 N–H and O–H groups in total. The Morgan fingerprint density at radius 2 is 2.05 bits per heavy atom. The van der Waals surface area contributed by atoms with Gasteiger partial charge in [-0.25, -0.2) is 0 Å². The first kappa shape index (κ1) is 16.9. The van der Waals surface area contributed by atoms with Gasteiger partial charge in [-0.15, -0.1) is 0 Å². The Morgan fingerprint density at radius 3 is 2.79 bits per heavy atom. The standard InChI is InChI=1S/C14H21BrN2O.ClH/c15-14-4-1-3-13(11-14)12-16-5-2-6-17-7-9-18-10-8-17;/h1,3-4,11,16H,2,5-10,12H2;1H/p-1. The molecule has 1 aromatic carbocycles. The van der Waals surface area contributed by atoms with Crippen molar-refractivity contribution in [3.63, 3.8) is 0 Å². The van der Waals surface area contributed by atoms with E-state index in [0.29, 0.717) is 0 Å². The van der Waals surface area contributed by atoms with Crippen LogP contribution in [0.1, 0.15) is 12.0 Å². The van der Waals surface area contributed by atoms with Crippen molar-refractivity contribution in [2.24, 2.45) is 0 Å². The van der Waals surface area contributed by atoms with Crippen LogP contribution in [-0.4, -0.2) is 44.3 Å². The number of hydrogen-bond acceptors (Lipinski definition) is 3. The summed E-state index contributed by atoms with van der Waals surface area (Å²) in [5, 5.41) is 3.49. The molecule has 3 nitrogen and oxygen atoms in total. The average molecular weight is 349 g/mol. The van der Waals surface area contributed by atoms with Crippen LogP contribution >= 0.6 is 15.9 Å². The zero-order chi connectivity index (χ0) is 12.6. The zero-order valence-corrected chi connectivity index (χ0v) is 13.4. The second-order valence-electron chi connectivity index (χ2n) is 4.61. The molecule has 0 saturated carbocycles. The minimum atomic E-state index is 0. The van der Waals surface area contributed by atoms with Crippen molar-refractivity contribution in [2.75, 3.05) is 39.4 Å². The molecule has 0 amide bonds. The summed E-state index contributed by atoms with van der Waals surface area (Å²) < 4.78 is 6.48. The molecule has 0 radical (unpaired) electrons. The average Bonchev–Trinajstić information content (AvgIpc) is 2.40. The van der Waals surface area contributed by atoms with Crippen LogP contribution in [0, 0.1) is 0 Å². The van der Waals surface area contributed by atoms with E-state index < -0.39 is 0 Å². The normalized spacial score (nSPS) is 16.1. The molecular formula is C14H21BrClN2O-. The van der Waals surface area contributed by atoms with Gasteiger partial charge in [-0.05, 0) is 37.2 Å². The molecule has 0 spiro atoms. The van der Waals surface area contributed by atoms with Gasteiger partial charge in [0.25, 0.3) is 0 Å². The lowest BCUT2D eigenvalue weighted by atomic mass is 10.2. The van der Waals surface area contributed by atoms with Gasteiger partial charge in [-0.3, -0.25) is 4.90 Å². The molecule has 0 bridgehead atoms. The Kier molecular flexibility index (Phi) is 8.66. The Morgan fingerprint density at radius 1 is 1.26 bits per heavy atom. The fourth-order valence-corrected chi connectivity index (χ4v) is 2.58. The van der Waals surface area contributed by atoms with Crippen molar-refractivity contribution >= 4 is 15.9 Å². The third kappa shape index (κ3) is 6.72. The van der Waals surface area contributed by atoms with Crippen LogP contribution in [0.25, 0.3) is 0 Å². The largest absolute Gasteiger partial charge is 1.00 e. The predicted molar refractivity (Wildman–Crippen MR) is 77.7 cm³/mol. The number of rotatable bonds is 6. The quantitative estimate of drug-likeness (QED) is 0.686. The number of ether oxygens (including phenoxy) is 1. The number of halogens is 2. The van der Waals surface area contributed by atoms with Crippen LogP contribution in [-0.2, 0) is 11.3 Å². The van der Waals surface area contributed by atoms with E-state index in [1.165, 1.54) is 18.5 Å². The molecule has 1 saturated heterocycles. The van der Waals surface area contributed by atoms with E-state index in [0.717, 1.165) is 43.9 Å². The third-order valence-corrected chi connectivity index (χ3v) is 3.64. The minimum Gasteiger partial charge on any atom is -1.00 e. The highest BCUT2D eigenvalue weighted by Crippen LogP contribution is 2.11. The molecule has 108 valence electrons. The summed E-state index contributed by atoms with van der Waals surface area (Å²) in [6.07, 6.45) is 1.20. The highest BCUT2D eigenvalue weighted by molar-refractivity contribution is 9.10. The van der Waals surface area contributed by atoms with Gasteiger partial charge in [-0.1, -0.05) is 28.1 Å². The summed E-state index contributed by atoms with van der Waals surface area (Å²) in [6, 6.07) is 8.45. The van der Waals surface area contributed by atoms with E-state index in [1.54, 1.807) is 0 Å². The molecule has 1 aliphatic heterocycles. The number of nitrogens with one attached hydrogen (secondary N) is 1. The lowest BCUT2D eigenvalue weighted by Crippen LogP contribution is -3.00. The van der Waals surface area contributed by atoms with E-state index in [2.05, 4.69) is 50.4 Å². The first-order valence-corrected chi connectivity index (χ1v) is 7.39. The molecule has 1 fully saturated rings. The van der Waals surface area contributed by atoms with Crippen molar-refractivity contribution in [3.05, 3.63) is 34.3 Å². The van der Waals surface area contributed by atoms with Gasteiger partial charge in [0.1, 0.15) is 0 Å². The van der Waals surface area contributed by atoms with Gasteiger partial charge in [0, 0.05) is 24.1 Å². The van der Waals surface area contributed by atoms with Gasteiger partial charge < -0.3 is 22.5 Å². The van der Waals surface area contributed by atoms with Gasteiger partial charge in [0.15, 0.2) is 0 Å². The number of hydrogen-bond donors (Lipinski definition) is 1. The lowest BCUT2D eigenvalue weighted by molar-refractivity contribution is -0.00000515. The van der Waals surface area contributed by atoms with Crippen molar-refractivity contribution in [1.82, 2.24) is 10.2 Å². The van der Waals surface area contributed by atoms with E-state index in [9.17, 15) is 0 Å². The van der Waals surface area contributed by atoms with Crippen molar-refractivity contribution in [1.29, 1.82) is 0 Å². The Labute approximate surface area is 130 Å². The second-order valence-corrected chi connectivity index (χ2v) is 5.53. The van der Waals surface area contributed by atoms with E-state index in [-0.39, 0.29) is 12.4 Å². The summed E-state index contributed by atoms with van der Waals surface area (Å²) in [5.41, 5.74) is 1.33. The molecule has 0 aliphatic carbocycles. The number of benzene rings is 1. The van der Waals surface area contributed by atoms with E-state index in [1.807, 2.05) is 0 Å². The van der Waals surface area contributed by atoms with Gasteiger partial charge in [-0.2, -0.15) is 0 Å². The SMILES string of the molecule is Brc1cccc(CNCCCN2CCOCC2)c1.[Cl-]. The van der Waals surface area contributed by atoms with Crippen molar-refractivity contribution in [2.45, 2.75) is 13.0 Å². The van der Waals surface area contributed by atoms with Gasteiger partial charge in [0.2, 0.25) is 0 Å². The van der Waals surface area contributed by atoms with E-state index >= 15 is 0 Å². The molecule has 2 rings (SSSR count). The highest BCUT2D eigenvalue weighted by atomic mass is 79.9. The fraction of sp³-hybridized carbons (Fsp3) is 0.571. The molecule has 1 aromatic rings. The molecule has 0 atom stereocenters. The summed E-state index contributed by atoms with van der Waals surface area (Å²) in [6.45, 7) is 7.16. The summed E-state index contributed by atoms with van der Waals surface area (Å²) >= 11 is 3.49. The van der Waals surface area contributed by atoms with Crippen LogP contribution in [0.4, 0.5) is 0 Å². The maximum Gasteiger partial charge on any atom is 0.0594 e.